The summed E-state index contributed by atoms with van der Waals surface area (Å²) in [7, 11) is 0. The van der Waals surface area contributed by atoms with Crippen molar-refractivity contribution in [1.29, 1.82) is 0 Å². The van der Waals surface area contributed by atoms with Gasteiger partial charge in [-0.15, -0.1) is 0 Å². The molecule has 32 heavy (non-hydrogen) atoms. The van der Waals surface area contributed by atoms with E-state index in [9.17, 15) is 23.8 Å². The second-order valence-electron chi connectivity index (χ2n) is 10.5. The molecular formula is C25H38F2N2O3. The summed E-state index contributed by atoms with van der Waals surface area (Å²) in [4.78, 5) is 12.6. The van der Waals surface area contributed by atoms with Gasteiger partial charge in [0, 0.05) is 17.6 Å². The second kappa shape index (κ2) is 9.74. The van der Waals surface area contributed by atoms with Crippen LogP contribution in [0, 0.1) is 17.0 Å². The van der Waals surface area contributed by atoms with Crippen LogP contribution in [0.25, 0.3) is 0 Å². The Morgan fingerprint density at radius 1 is 1.25 bits per heavy atom. The van der Waals surface area contributed by atoms with E-state index in [0.29, 0.717) is 19.3 Å². The van der Waals surface area contributed by atoms with Crippen molar-refractivity contribution < 1.29 is 23.8 Å². The highest BCUT2D eigenvalue weighted by Gasteiger charge is 2.52. The zero-order valence-corrected chi connectivity index (χ0v) is 19.3. The molecule has 0 aromatic heterocycles. The molecule has 1 aromatic rings. The number of amides is 1. The number of unbranched alkanes of at least 4 members (excludes halogenated alkanes) is 1. The van der Waals surface area contributed by atoms with Gasteiger partial charge in [0.1, 0.15) is 11.6 Å². The van der Waals surface area contributed by atoms with E-state index in [1.54, 1.807) is 0 Å². The zero-order chi connectivity index (χ0) is 23.6. The molecule has 1 aliphatic heterocycles. The Balaban J connectivity index is 1.91. The fraction of sp³-hybridized carbons (Fsp3) is 0.720. The van der Waals surface area contributed by atoms with Gasteiger partial charge in [-0.1, -0.05) is 39.0 Å². The average Bonchev–Trinajstić information content (AvgIpc) is 2.70. The summed E-state index contributed by atoms with van der Waals surface area (Å²) in [5, 5.41) is 26.6. The van der Waals surface area contributed by atoms with Gasteiger partial charge >= 0.3 is 0 Å². The molecule has 5 nitrogen and oxygen atoms in total. The number of carbonyl (C=O) groups excluding carboxylic acids is 1. The quantitative estimate of drug-likeness (QED) is 0.483. The van der Waals surface area contributed by atoms with Gasteiger partial charge in [-0.3, -0.25) is 4.79 Å². The molecule has 1 aromatic carbocycles. The van der Waals surface area contributed by atoms with Gasteiger partial charge in [0.15, 0.2) is 0 Å². The van der Waals surface area contributed by atoms with Crippen LogP contribution in [-0.4, -0.2) is 39.4 Å². The van der Waals surface area contributed by atoms with Crippen molar-refractivity contribution in [2.75, 3.05) is 0 Å². The SMILES string of the molecule is CCCCC1(O)CC(C(O)C(C)(Cc2cc(F)cc(F)c2)C(N)=O)NC2(CCCCC2)C1. The molecule has 1 amide bonds. The first-order chi connectivity index (χ1) is 15.0. The monoisotopic (exact) mass is 452 g/mol. The molecule has 2 fully saturated rings. The minimum Gasteiger partial charge on any atom is -0.390 e. The number of aliphatic hydroxyl groups excluding tert-OH is 1. The first-order valence-corrected chi connectivity index (χ1v) is 11.9. The van der Waals surface area contributed by atoms with Gasteiger partial charge in [0.2, 0.25) is 5.91 Å². The lowest BCUT2D eigenvalue weighted by atomic mass is 9.64. The Bertz CT molecular complexity index is 794. The van der Waals surface area contributed by atoms with Gasteiger partial charge in [-0.05, 0) is 63.1 Å². The van der Waals surface area contributed by atoms with Crippen molar-refractivity contribution in [2.24, 2.45) is 11.1 Å². The highest BCUT2D eigenvalue weighted by molar-refractivity contribution is 5.81. The summed E-state index contributed by atoms with van der Waals surface area (Å²) < 4.78 is 27.5. The molecule has 1 spiro atoms. The first-order valence-electron chi connectivity index (χ1n) is 11.9. The summed E-state index contributed by atoms with van der Waals surface area (Å²) in [6.45, 7) is 3.62. The highest BCUT2D eigenvalue weighted by atomic mass is 19.1. The predicted molar refractivity (Wildman–Crippen MR) is 120 cm³/mol. The number of aliphatic hydroxyl groups is 2. The molecule has 4 unspecified atom stereocenters. The normalized spacial score (nSPS) is 28.2. The molecule has 5 N–H and O–H groups in total. The number of carbonyl (C=O) groups is 1. The zero-order valence-electron chi connectivity index (χ0n) is 19.3. The third-order valence-electron chi connectivity index (χ3n) is 7.66. The van der Waals surface area contributed by atoms with Crippen molar-refractivity contribution in [1.82, 2.24) is 5.32 Å². The summed E-state index contributed by atoms with van der Waals surface area (Å²) in [5.74, 6) is -2.23. The molecule has 3 rings (SSSR count). The first kappa shape index (κ1) is 25.1. The Morgan fingerprint density at radius 2 is 1.88 bits per heavy atom. The van der Waals surface area contributed by atoms with E-state index in [0.717, 1.165) is 63.1 Å². The van der Waals surface area contributed by atoms with Gasteiger partial charge in [-0.2, -0.15) is 0 Å². The van der Waals surface area contributed by atoms with E-state index in [1.807, 2.05) is 0 Å². The molecule has 0 bridgehead atoms. The maximum atomic E-state index is 13.8. The van der Waals surface area contributed by atoms with Crippen LogP contribution in [0.15, 0.2) is 18.2 Å². The van der Waals surface area contributed by atoms with Crippen LogP contribution in [0.3, 0.4) is 0 Å². The third-order valence-corrected chi connectivity index (χ3v) is 7.66. The van der Waals surface area contributed by atoms with Gasteiger partial charge < -0.3 is 21.3 Å². The Kier molecular flexibility index (Phi) is 7.62. The van der Waals surface area contributed by atoms with Crippen LogP contribution in [0.1, 0.15) is 83.6 Å². The number of primary amides is 1. The molecule has 180 valence electrons. The minimum atomic E-state index is -1.46. The Labute approximate surface area is 189 Å². The maximum absolute atomic E-state index is 13.8. The molecule has 1 saturated heterocycles. The molecule has 1 heterocycles. The summed E-state index contributed by atoms with van der Waals surface area (Å²) in [5.41, 5.74) is 3.32. The van der Waals surface area contributed by atoms with Crippen LogP contribution in [-0.2, 0) is 11.2 Å². The predicted octanol–water partition coefficient (Wildman–Crippen LogP) is 3.74. The van der Waals surface area contributed by atoms with E-state index >= 15 is 0 Å². The number of benzene rings is 1. The molecule has 2 aliphatic rings. The smallest absolute Gasteiger partial charge is 0.226 e. The van der Waals surface area contributed by atoms with Crippen molar-refractivity contribution in [3.63, 3.8) is 0 Å². The Morgan fingerprint density at radius 3 is 2.44 bits per heavy atom. The fourth-order valence-corrected chi connectivity index (χ4v) is 5.96. The lowest BCUT2D eigenvalue weighted by molar-refractivity contribution is -0.141. The van der Waals surface area contributed by atoms with E-state index in [-0.39, 0.29) is 17.5 Å². The average molecular weight is 453 g/mol. The highest BCUT2D eigenvalue weighted by Crippen LogP contribution is 2.44. The molecule has 1 saturated carbocycles. The molecule has 0 radical (unpaired) electrons. The van der Waals surface area contributed by atoms with Crippen LogP contribution < -0.4 is 11.1 Å². The Hall–Kier alpha value is -1.57. The van der Waals surface area contributed by atoms with Crippen LogP contribution in [0.4, 0.5) is 8.78 Å². The van der Waals surface area contributed by atoms with E-state index in [4.69, 9.17) is 5.73 Å². The number of hydrogen-bond donors (Lipinski definition) is 4. The second-order valence-corrected chi connectivity index (χ2v) is 10.5. The van der Waals surface area contributed by atoms with Crippen LogP contribution in [0.2, 0.25) is 0 Å². The lowest BCUT2D eigenvalue weighted by Crippen LogP contribution is -2.67. The molecule has 1 aliphatic carbocycles. The number of nitrogens with one attached hydrogen (secondary N) is 1. The summed E-state index contributed by atoms with van der Waals surface area (Å²) in [6, 6.07) is 2.53. The maximum Gasteiger partial charge on any atom is 0.226 e. The number of halogens is 2. The molecule has 4 atom stereocenters. The van der Waals surface area contributed by atoms with Crippen molar-refractivity contribution >= 4 is 5.91 Å². The van der Waals surface area contributed by atoms with Crippen molar-refractivity contribution in [3.05, 3.63) is 35.4 Å². The van der Waals surface area contributed by atoms with Crippen LogP contribution in [0.5, 0.6) is 0 Å². The topological polar surface area (TPSA) is 95.6 Å². The van der Waals surface area contributed by atoms with E-state index in [1.165, 1.54) is 6.92 Å². The van der Waals surface area contributed by atoms with Crippen LogP contribution >= 0.6 is 0 Å². The standard InChI is InChI=1S/C25H38F2N2O3/c1-3-4-10-25(32)15-20(29-24(16-25)8-6-5-7-9-24)21(30)23(2,22(28)31)14-17-11-18(26)13-19(27)12-17/h11-13,20-21,29-30,32H,3-10,14-16H2,1-2H3,(H2,28,31). The minimum absolute atomic E-state index is 0.100. The summed E-state index contributed by atoms with van der Waals surface area (Å²) >= 11 is 0. The van der Waals surface area contributed by atoms with Gasteiger partial charge in [-0.25, -0.2) is 8.78 Å². The summed E-state index contributed by atoms with van der Waals surface area (Å²) in [6.07, 6.45) is 7.15. The van der Waals surface area contributed by atoms with Crippen molar-refractivity contribution in [3.8, 4) is 0 Å². The lowest BCUT2D eigenvalue weighted by Gasteiger charge is -2.54. The largest absolute Gasteiger partial charge is 0.390 e. The molecule has 7 heteroatoms. The van der Waals surface area contributed by atoms with E-state index < -0.39 is 40.7 Å². The number of piperidine rings is 1. The third kappa shape index (κ3) is 5.49. The fourth-order valence-electron chi connectivity index (χ4n) is 5.96. The van der Waals surface area contributed by atoms with Crippen molar-refractivity contribution in [2.45, 2.75) is 108 Å². The van der Waals surface area contributed by atoms with E-state index in [2.05, 4.69) is 12.2 Å². The van der Waals surface area contributed by atoms with Gasteiger partial charge in [0.05, 0.1) is 17.1 Å². The molecular weight excluding hydrogens is 414 g/mol. The number of rotatable bonds is 8. The van der Waals surface area contributed by atoms with Gasteiger partial charge in [0.25, 0.3) is 0 Å². The number of nitrogens with two attached hydrogens (primary N) is 1. The number of hydrogen-bond acceptors (Lipinski definition) is 4.